The fraction of sp³-hybridized carbons (Fsp3) is 0.150. The second kappa shape index (κ2) is 8.29. The first kappa shape index (κ1) is 18.4. The molecule has 1 aliphatic rings. The average molecular weight is 383 g/mol. The van der Waals surface area contributed by atoms with E-state index in [0.29, 0.717) is 22.2 Å². The van der Waals surface area contributed by atoms with Crippen LogP contribution in [0.3, 0.4) is 0 Å². The van der Waals surface area contributed by atoms with Crippen molar-refractivity contribution in [2.45, 2.75) is 13.3 Å². The summed E-state index contributed by atoms with van der Waals surface area (Å²) in [6.07, 6.45) is 2.16. The van der Waals surface area contributed by atoms with Crippen LogP contribution in [0.2, 0.25) is 0 Å². The van der Waals surface area contributed by atoms with Crippen molar-refractivity contribution < 1.29 is 9.59 Å². The zero-order valence-electron chi connectivity index (χ0n) is 14.3. The van der Waals surface area contributed by atoms with Crippen LogP contribution in [0.15, 0.2) is 59.5 Å². The number of benzene rings is 2. The van der Waals surface area contributed by atoms with E-state index < -0.39 is 0 Å². The molecule has 0 aromatic heterocycles. The van der Waals surface area contributed by atoms with Gasteiger partial charge in [-0.2, -0.15) is 0 Å². The smallest absolute Gasteiger partial charge is 0.266 e. The molecule has 6 heteroatoms. The van der Waals surface area contributed by atoms with Crippen molar-refractivity contribution in [3.63, 3.8) is 0 Å². The molecule has 0 atom stereocenters. The Hall–Kier alpha value is -2.44. The van der Waals surface area contributed by atoms with Gasteiger partial charge < -0.3 is 5.32 Å². The highest BCUT2D eigenvalue weighted by atomic mass is 32.2. The Kier molecular flexibility index (Phi) is 5.85. The first-order valence-corrected chi connectivity index (χ1v) is 9.48. The zero-order chi connectivity index (χ0) is 18.5. The maximum absolute atomic E-state index is 12.2. The van der Waals surface area contributed by atoms with Gasteiger partial charge in [-0.05, 0) is 36.3 Å². The van der Waals surface area contributed by atoms with Crippen LogP contribution < -0.4 is 5.32 Å². The van der Waals surface area contributed by atoms with Gasteiger partial charge in [0.2, 0.25) is 5.91 Å². The summed E-state index contributed by atoms with van der Waals surface area (Å²) in [5.41, 5.74) is 2.59. The lowest BCUT2D eigenvalue weighted by atomic mass is 10.1. The number of hydrogen-bond donors (Lipinski definition) is 1. The lowest BCUT2D eigenvalue weighted by Gasteiger charge is -2.09. The van der Waals surface area contributed by atoms with Crippen molar-refractivity contribution in [1.82, 2.24) is 4.90 Å². The van der Waals surface area contributed by atoms with Crippen LogP contribution >= 0.6 is 24.0 Å². The van der Waals surface area contributed by atoms with Crippen molar-refractivity contribution in [2.24, 2.45) is 0 Å². The molecule has 0 radical (unpaired) electrons. The molecular formula is C20H18N2O2S2. The summed E-state index contributed by atoms with van der Waals surface area (Å²) >= 11 is 6.53. The van der Waals surface area contributed by atoms with Crippen LogP contribution in [-0.2, 0) is 16.0 Å². The fourth-order valence-corrected chi connectivity index (χ4v) is 3.96. The highest BCUT2D eigenvalue weighted by molar-refractivity contribution is 8.26. The minimum atomic E-state index is -0.0623. The second-order valence-electron chi connectivity index (χ2n) is 5.76. The Morgan fingerprint density at radius 2 is 1.85 bits per heavy atom. The van der Waals surface area contributed by atoms with E-state index in [1.807, 2.05) is 67.6 Å². The van der Waals surface area contributed by atoms with Crippen LogP contribution in [0.25, 0.3) is 6.08 Å². The lowest BCUT2D eigenvalue weighted by molar-refractivity contribution is -0.122. The molecule has 2 aromatic rings. The molecule has 2 aromatic carbocycles. The summed E-state index contributed by atoms with van der Waals surface area (Å²) < 4.78 is 0.591. The number of amides is 2. The Morgan fingerprint density at radius 1 is 1.15 bits per heavy atom. The minimum Gasteiger partial charge on any atom is -0.326 e. The monoisotopic (exact) mass is 382 g/mol. The van der Waals surface area contributed by atoms with Gasteiger partial charge in [-0.25, -0.2) is 0 Å². The van der Waals surface area contributed by atoms with Gasteiger partial charge in [0.1, 0.15) is 4.32 Å². The number of rotatable bonds is 5. The van der Waals surface area contributed by atoms with E-state index in [9.17, 15) is 9.59 Å². The number of thioether (sulfide) groups is 1. The van der Waals surface area contributed by atoms with Gasteiger partial charge in [-0.1, -0.05) is 66.4 Å². The van der Waals surface area contributed by atoms with Gasteiger partial charge >= 0.3 is 0 Å². The summed E-state index contributed by atoms with van der Waals surface area (Å²) in [5, 5.41) is 2.88. The van der Waals surface area contributed by atoms with Gasteiger partial charge in [-0.3, -0.25) is 14.5 Å². The van der Waals surface area contributed by atoms with Gasteiger partial charge in [0.25, 0.3) is 5.91 Å². The highest BCUT2D eigenvalue weighted by Crippen LogP contribution is 2.32. The molecule has 1 aliphatic heterocycles. The molecule has 2 amide bonds. The molecule has 0 spiro atoms. The maximum Gasteiger partial charge on any atom is 0.266 e. The van der Waals surface area contributed by atoms with E-state index in [4.69, 9.17) is 12.2 Å². The van der Waals surface area contributed by atoms with Gasteiger partial charge in [0.05, 0.1) is 11.3 Å². The topological polar surface area (TPSA) is 49.4 Å². The number of thiocarbonyl (C=S) groups is 1. The molecule has 1 fully saturated rings. The van der Waals surface area contributed by atoms with Crippen LogP contribution in [-0.4, -0.2) is 27.6 Å². The number of carbonyl (C=O) groups is 2. The largest absolute Gasteiger partial charge is 0.326 e. The fourth-order valence-electron chi connectivity index (χ4n) is 2.57. The molecule has 132 valence electrons. The summed E-state index contributed by atoms with van der Waals surface area (Å²) in [5.74, 6) is -0.115. The predicted molar refractivity (Wildman–Crippen MR) is 111 cm³/mol. The average Bonchev–Trinajstić information content (AvgIpc) is 2.90. The molecule has 0 bridgehead atoms. The highest BCUT2D eigenvalue weighted by Gasteiger charge is 2.30. The Bertz CT molecular complexity index is 861. The molecule has 1 saturated heterocycles. The van der Waals surface area contributed by atoms with Crippen molar-refractivity contribution in [3.8, 4) is 0 Å². The van der Waals surface area contributed by atoms with Crippen molar-refractivity contribution in [1.29, 1.82) is 0 Å². The molecule has 1 heterocycles. The molecule has 26 heavy (non-hydrogen) atoms. The van der Waals surface area contributed by atoms with Crippen LogP contribution in [0.5, 0.6) is 0 Å². The van der Waals surface area contributed by atoms with E-state index in [-0.39, 0.29) is 11.8 Å². The molecule has 4 nitrogen and oxygen atoms in total. The number of nitrogens with one attached hydrogen (secondary N) is 1. The molecule has 0 aliphatic carbocycles. The number of anilines is 1. The van der Waals surface area contributed by atoms with Crippen molar-refractivity contribution in [3.05, 3.63) is 70.6 Å². The summed E-state index contributed by atoms with van der Waals surface area (Å²) in [6, 6.07) is 17.0. The van der Waals surface area contributed by atoms with E-state index >= 15 is 0 Å². The molecule has 0 unspecified atom stereocenters. The number of likely N-dealkylation sites (N-methyl/N-ethyl adjacent to an activating group) is 1. The summed E-state index contributed by atoms with van der Waals surface area (Å²) in [4.78, 5) is 26.5. The SMILES string of the molecule is CCN1C(=O)/C(=C\c2ccc(NC(=O)Cc3ccccc3)cc2)SC1=S. The third kappa shape index (κ3) is 4.39. The Balaban J connectivity index is 1.64. The van der Waals surface area contributed by atoms with Crippen LogP contribution in [0, 0.1) is 0 Å². The molecule has 0 saturated carbocycles. The normalized spacial score (nSPS) is 15.6. The Labute approximate surface area is 162 Å². The first-order chi connectivity index (χ1) is 12.6. The van der Waals surface area contributed by atoms with E-state index in [2.05, 4.69) is 5.32 Å². The maximum atomic E-state index is 12.2. The lowest BCUT2D eigenvalue weighted by Crippen LogP contribution is -2.27. The third-order valence-corrected chi connectivity index (χ3v) is 5.27. The van der Waals surface area contributed by atoms with Crippen LogP contribution in [0.1, 0.15) is 18.1 Å². The van der Waals surface area contributed by atoms with Crippen molar-refractivity contribution >= 4 is 51.9 Å². The van der Waals surface area contributed by atoms with Gasteiger partial charge in [-0.15, -0.1) is 0 Å². The first-order valence-electron chi connectivity index (χ1n) is 8.26. The molecule has 3 rings (SSSR count). The third-order valence-electron chi connectivity index (χ3n) is 3.89. The molecule has 1 N–H and O–H groups in total. The van der Waals surface area contributed by atoms with Gasteiger partial charge in [0, 0.05) is 12.2 Å². The summed E-state index contributed by atoms with van der Waals surface area (Å²) in [6.45, 7) is 2.48. The van der Waals surface area contributed by atoms with Crippen LogP contribution in [0.4, 0.5) is 5.69 Å². The number of nitrogens with zero attached hydrogens (tertiary/aromatic N) is 1. The Morgan fingerprint density at radius 3 is 2.46 bits per heavy atom. The molecular weight excluding hydrogens is 364 g/mol. The quantitative estimate of drug-likeness (QED) is 0.625. The van der Waals surface area contributed by atoms with E-state index in [1.54, 1.807) is 4.90 Å². The van der Waals surface area contributed by atoms with E-state index in [1.165, 1.54) is 11.8 Å². The predicted octanol–water partition coefficient (Wildman–Crippen LogP) is 4.09. The van der Waals surface area contributed by atoms with Gasteiger partial charge in [0.15, 0.2) is 0 Å². The summed E-state index contributed by atoms with van der Waals surface area (Å²) in [7, 11) is 0. The second-order valence-corrected chi connectivity index (χ2v) is 7.43. The standard InChI is InChI=1S/C20H18N2O2S2/c1-2-22-19(24)17(26-20(22)25)12-15-8-10-16(11-9-15)21-18(23)13-14-6-4-3-5-7-14/h3-12H,2,13H2,1H3,(H,21,23)/b17-12+. The number of carbonyl (C=O) groups excluding carboxylic acids is 2. The number of hydrogen-bond acceptors (Lipinski definition) is 4. The van der Waals surface area contributed by atoms with E-state index in [0.717, 1.165) is 16.8 Å². The zero-order valence-corrected chi connectivity index (χ0v) is 15.9. The minimum absolute atomic E-state index is 0.0530. The van der Waals surface area contributed by atoms with Crippen molar-refractivity contribution in [2.75, 3.05) is 11.9 Å².